The lowest BCUT2D eigenvalue weighted by Crippen LogP contribution is -1.78. The number of carbonyl (C=O) groups excluding carboxylic acids is 1. The molecule has 2 N–H and O–H groups in total. The Morgan fingerprint density at radius 2 is 2.44 bits per heavy atom. The van der Waals surface area contributed by atoms with Gasteiger partial charge in [0.15, 0.2) is 12.0 Å². The van der Waals surface area contributed by atoms with Gasteiger partial charge in [-0.2, -0.15) is 0 Å². The Labute approximate surface area is 56.4 Å². The average Bonchev–Trinajstić information content (AvgIpc) is 2.13. The standard InChI is InChI=1S/C5H4ClNO2/c6-5-4(7)1-3(2-8)9-5/h1-2H,7H2. The van der Waals surface area contributed by atoms with Crippen molar-refractivity contribution < 1.29 is 9.21 Å². The normalized spacial score (nSPS) is 9.44. The zero-order valence-electron chi connectivity index (χ0n) is 4.43. The van der Waals surface area contributed by atoms with Crippen molar-refractivity contribution in [2.75, 3.05) is 5.73 Å². The van der Waals surface area contributed by atoms with E-state index in [-0.39, 0.29) is 11.0 Å². The van der Waals surface area contributed by atoms with Crippen molar-refractivity contribution in [1.29, 1.82) is 0 Å². The summed E-state index contributed by atoms with van der Waals surface area (Å²) in [6.45, 7) is 0. The smallest absolute Gasteiger partial charge is 0.217 e. The molecule has 0 atom stereocenters. The molecule has 0 aromatic carbocycles. The average molecular weight is 146 g/mol. The second-order valence-corrected chi connectivity index (χ2v) is 1.84. The van der Waals surface area contributed by atoms with Crippen LogP contribution < -0.4 is 5.73 Å². The van der Waals surface area contributed by atoms with Crippen molar-refractivity contribution >= 4 is 23.6 Å². The number of halogens is 1. The number of carbonyl (C=O) groups is 1. The van der Waals surface area contributed by atoms with Crippen LogP contribution in [0.1, 0.15) is 10.6 Å². The molecule has 9 heavy (non-hydrogen) atoms. The van der Waals surface area contributed by atoms with Crippen molar-refractivity contribution in [2.45, 2.75) is 0 Å². The molecule has 0 fully saturated rings. The van der Waals surface area contributed by atoms with Gasteiger partial charge in [0.25, 0.3) is 0 Å². The van der Waals surface area contributed by atoms with E-state index in [1.807, 2.05) is 0 Å². The quantitative estimate of drug-likeness (QED) is 0.607. The molecule has 1 aromatic heterocycles. The molecule has 4 heteroatoms. The van der Waals surface area contributed by atoms with E-state index < -0.39 is 0 Å². The first-order valence-electron chi connectivity index (χ1n) is 2.24. The molecule has 0 aliphatic rings. The molecule has 0 bridgehead atoms. The van der Waals surface area contributed by atoms with Crippen LogP contribution in [0.25, 0.3) is 0 Å². The molecule has 1 rings (SSSR count). The molecule has 48 valence electrons. The van der Waals surface area contributed by atoms with E-state index in [0.29, 0.717) is 12.0 Å². The highest BCUT2D eigenvalue weighted by molar-refractivity contribution is 6.31. The molecule has 1 heterocycles. The second-order valence-electron chi connectivity index (χ2n) is 1.50. The summed E-state index contributed by atoms with van der Waals surface area (Å²) in [4.78, 5) is 9.96. The van der Waals surface area contributed by atoms with Gasteiger partial charge >= 0.3 is 0 Å². The maximum absolute atomic E-state index is 9.96. The van der Waals surface area contributed by atoms with E-state index in [0.717, 1.165) is 0 Å². The van der Waals surface area contributed by atoms with Crippen molar-refractivity contribution in [2.24, 2.45) is 0 Å². The first kappa shape index (κ1) is 6.16. The third-order valence-corrected chi connectivity index (χ3v) is 1.14. The third-order valence-electron chi connectivity index (χ3n) is 0.848. The zero-order valence-corrected chi connectivity index (χ0v) is 5.18. The van der Waals surface area contributed by atoms with Crippen LogP contribution in [0.3, 0.4) is 0 Å². The van der Waals surface area contributed by atoms with Crippen molar-refractivity contribution in [1.82, 2.24) is 0 Å². The number of nitrogen functional groups attached to an aromatic ring is 1. The Balaban J connectivity index is 3.11. The highest BCUT2D eigenvalue weighted by Gasteiger charge is 2.02. The third kappa shape index (κ3) is 1.05. The van der Waals surface area contributed by atoms with E-state index in [2.05, 4.69) is 4.42 Å². The van der Waals surface area contributed by atoms with Gasteiger partial charge in [0.05, 0.1) is 5.69 Å². The fourth-order valence-electron chi connectivity index (χ4n) is 0.460. The van der Waals surface area contributed by atoms with E-state index in [1.165, 1.54) is 6.07 Å². The van der Waals surface area contributed by atoms with Gasteiger partial charge in [0.2, 0.25) is 5.22 Å². The predicted octanol–water partition coefficient (Wildman–Crippen LogP) is 1.33. The molecule has 0 aliphatic heterocycles. The van der Waals surface area contributed by atoms with Crippen molar-refractivity contribution in [3.8, 4) is 0 Å². The monoisotopic (exact) mass is 145 g/mol. The summed E-state index contributed by atoms with van der Waals surface area (Å²) in [7, 11) is 0. The van der Waals surface area contributed by atoms with Gasteiger partial charge in [-0.1, -0.05) is 0 Å². The lowest BCUT2D eigenvalue weighted by molar-refractivity contribution is 0.110. The highest BCUT2D eigenvalue weighted by Crippen LogP contribution is 2.21. The molecule has 0 unspecified atom stereocenters. The van der Waals surface area contributed by atoms with Gasteiger partial charge in [-0.25, -0.2) is 0 Å². The number of rotatable bonds is 1. The first-order valence-corrected chi connectivity index (χ1v) is 2.62. The lowest BCUT2D eigenvalue weighted by Gasteiger charge is -1.77. The number of hydrogen-bond donors (Lipinski definition) is 1. The summed E-state index contributed by atoms with van der Waals surface area (Å²) in [6, 6.07) is 1.37. The topological polar surface area (TPSA) is 56.2 Å². The van der Waals surface area contributed by atoms with Crippen LogP contribution in [0.15, 0.2) is 10.5 Å². The molecular formula is C5H4ClNO2. The van der Waals surface area contributed by atoms with Crippen LogP contribution in [0.2, 0.25) is 5.22 Å². The predicted molar refractivity (Wildman–Crippen MR) is 33.5 cm³/mol. The minimum absolute atomic E-state index is 0.0668. The minimum Gasteiger partial charge on any atom is -0.440 e. The Morgan fingerprint density at radius 1 is 1.78 bits per heavy atom. The Hall–Kier alpha value is -0.960. The van der Waals surface area contributed by atoms with E-state index >= 15 is 0 Å². The van der Waals surface area contributed by atoms with Crippen LogP contribution in [-0.2, 0) is 0 Å². The molecule has 0 amide bonds. The van der Waals surface area contributed by atoms with Gasteiger partial charge in [0, 0.05) is 6.07 Å². The Bertz CT molecular complexity index is 211. The number of anilines is 1. The van der Waals surface area contributed by atoms with Crippen molar-refractivity contribution in [3.63, 3.8) is 0 Å². The fourth-order valence-corrected chi connectivity index (χ4v) is 0.604. The maximum atomic E-state index is 9.96. The summed E-state index contributed by atoms with van der Waals surface area (Å²) in [6.07, 6.45) is 0.544. The van der Waals surface area contributed by atoms with Crippen LogP contribution in [0, 0.1) is 0 Å². The van der Waals surface area contributed by atoms with Gasteiger partial charge in [0.1, 0.15) is 0 Å². The molecule has 0 radical (unpaired) electrons. The molecule has 0 saturated carbocycles. The van der Waals surface area contributed by atoms with Crippen molar-refractivity contribution in [3.05, 3.63) is 17.0 Å². The Morgan fingerprint density at radius 3 is 2.67 bits per heavy atom. The lowest BCUT2D eigenvalue weighted by atomic mass is 10.4. The SMILES string of the molecule is Nc1cc(C=O)oc1Cl. The highest BCUT2D eigenvalue weighted by atomic mass is 35.5. The molecule has 3 nitrogen and oxygen atoms in total. The van der Waals surface area contributed by atoms with Gasteiger partial charge < -0.3 is 10.2 Å². The number of hydrogen-bond acceptors (Lipinski definition) is 3. The van der Waals surface area contributed by atoms with Crippen LogP contribution >= 0.6 is 11.6 Å². The summed E-state index contributed by atoms with van der Waals surface area (Å²) in [5, 5.41) is 0.0668. The molecule has 0 saturated heterocycles. The summed E-state index contributed by atoms with van der Waals surface area (Å²) in [5.74, 6) is 0.150. The van der Waals surface area contributed by atoms with Crippen LogP contribution in [-0.4, -0.2) is 6.29 Å². The molecule has 1 aromatic rings. The molecule has 0 aliphatic carbocycles. The second kappa shape index (κ2) is 2.11. The van der Waals surface area contributed by atoms with Gasteiger partial charge in [-0.15, -0.1) is 0 Å². The van der Waals surface area contributed by atoms with Gasteiger partial charge in [-0.3, -0.25) is 4.79 Å². The van der Waals surface area contributed by atoms with E-state index in [4.69, 9.17) is 17.3 Å². The fraction of sp³-hybridized carbons (Fsp3) is 0. The van der Waals surface area contributed by atoms with Crippen LogP contribution in [0.4, 0.5) is 5.69 Å². The first-order chi connectivity index (χ1) is 4.24. The van der Waals surface area contributed by atoms with E-state index in [9.17, 15) is 4.79 Å². The molecule has 0 spiro atoms. The van der Waals surface area contributed by atoms with Gasteiger partial charge in [-0.05, 0) is 11.6 Å². The summed E-state index contributed by atoms with van der Waals surface area (Å²) in [5.41, 5.74) is 5.52. The maximum Gasteiger partial charge on any atom is 0.217 e. The largest absolute Gasteiger partial charge is 0.440 e. The number of nitrogens with two attached hydrogens (primary N) is 1. The molecular weight excluding hydrogens is 142 g/mol. The summed E-state index contributed by atoms with van der Waals surface area (Å²) < 4.78 is 4.64. The van der Waals surface area contributed by atoms with E-state index in [1.54, 1.807) is 0 Å². The zero-order chi connectivity index (χ0) is 6.85. The van der Waals surface area contributed by atoms with Crippen LogP contribution in [0.5, 0.6) is 0 Å². The summed E-state index contributed by atoms with van der Waals surface area (Å²) >= 11 is 5.36. The number of aldehydes is 1. The number of furan rings is 1. The minimum atomic E-state index is 0.0668. The Kier molecular flexibility index (Phi) is 1.44.